The van der Waals surface area contributed by atoms with E-state index >= 15 is 0 Å². The molecule has 5 heteroatoms. The van der Waals surface area contributed by atoms with Gasteiger partial charge in [0.05, 0.1) is 19.7 Å². The molecule has 0 unspecified atom stereocenters. The second-order valence-electron chi connectivity index (χ2n) is 5.49. The maximum absolute atomic E-state index is 12.2. The topological polar surface area (TPSA) is 41.6 Å². The van der Waals surface area contributed by atoms with Crippen LogP contribution in [-0.2, 0) is 16.1 Å². The summed E-state index contributed by atoms with van der Waals surface area (Å²) < 4.78 is 5.08. The van der Waals surface area contributed by atoms with Crippen LogP contribution in [-0.4, -0.2) is 43.2 Å². The monoisotopic (exact) mass is 284 g/mol. The van der Waals surface area contributed by atoms with Gasteiger partial charge >= 0.3 is 0 Å². The second kappa shape index (κ2) is 7.62. The van der Waals surface area contributed by atoms with Crippen molar-refractivity contribution in [1.29, 1.82) is 0 Å². The highest BCUT2D eigenvalue weighted by Gasteiger charge is 2.17. The number of nitrogens with one attached hydrogen (secondary N) is 1. The molecule has 0 atom stereocenters. The first-order chi connectivity index (χ1) is 8.92. The predicted octanol–water partition coefficient (Wildman–Crippen LogP) is 2.11. The maximum atomic E-state index is 12.2. The van der Waals surface area contributed by atoms with E-state index in [-0.39, 0.29) is 11.4 Å². The Morgan fingerprint density at radius 3 is 2.74 bits per heavy atom. The first-order valence-electron chi connectivity index (χ1n) is 6.46. The zero-order valence-electron chi connectivity index (χ0n) is 12.2. The van der Waals surface area contributed by atoms with E-state index in [9.17, 15) is 4.79 Å². The Morgan fingerprint density at radius 1 is 1.47 bits per heavy atom. The lowest BCUT2D eigenvalue weighted by molar-refractivity contribution is -0.131. The van der Waals surface area contributed by atoms with Crippen LogP contribution in [0.5, 0.6) is 0 Å². The first kappa shape index (κ1) is 16.1. The molecule has 1 heterocycles. The minimum atomic E-state index is -0.0501. The van der Waals surface area contributed by atoms with Crippen molar-refractivity contribution in [3.8, 4) is 0 Å². The molecular weight excluding hydrogens is 260 g/mol. The van der Waals surface area contributed by atoms with Crippen molar-refractivity contribution < 1.29 is 9.53 Å². The summed E-state index contributed by atoms with van der Waals surface area (Å²) in [5, 5.41) is 5.26. The third-order valence-corrected chi connectivity index (χ3v) is 3.48. The van der Waals surface area contributed by atoms with Crippen LogP contribution in [0.15, 0.2) is 17.5 Å². The first-order valence-corrected chi connectivity index (χ1v) is 7.34. The van der Waals surface area contributed by atoms with Crippen molar-refractivity contribution in [1.82, 2.24) is 10.2 Å². The zero-order chi connectivity index (χ0) is 14.3. The fourth-order valence-electron chi connectivity index (χ4n) is 1.54. The molecule has 1 N–H and O–H groups in total. The Labute approximate surface area is 119 Å². The molecule has 0 fully saturated rings. The van der Waals surface area contributed by atoms with Gasteiger partial charge in [0, 0.05) is 24.1 Å². The summed E-state index contributed by atoms with van der Waals surface area (Å²) in [7, 11) is 1.65. The molecule has 0 saturated heterocycles. The van der Waals surface area contributed by atoms with Gasteiger partial charge in [-0.15, -0.1) is 11.3 Å². The van der Waals surface area contributed by atoms with E-state index in [1.165, 1.54) is 4.88 Å². The third kappa shape index (κ3) is 6.71. The standard InChI is InChI=1S/C14H24N2O2S/c1-14(2,3)15-10-13(17)16(7-8-18-4)11-12-6-5-9-19-12/h5-6,9,15H,7-8,10-11H2,1-4H3. The lowest BCUT2D eigenvalue weighted by atomic mass is 10.1. The van der Waals surface area contributed by atoms with Crippen molar-refractivity contribution in [2.45, 2.75) is 32.9 Å². The number of hydrogen-bond acceptors (Lipinski definition) is 4. The van der Waals surface area contributed by atoms with Gasteiger partial charge in [-0.05, 0) is 32.2 Å². The summed E-state index contributed by atoms with van der Waals surface area (Å²) in [6.07, 6.45) is 0. The molecule has 0 bridgehead atoms. The molecule has 1 aromatic heterocycles. The van der Waals surface area contributed by atoms with E-state index in [0.717, 1.165) is 0 Å². The second-order valence-corrected chi connectivity index (χ2v) is 6.52. The Hall–Kier alpha value is -0.910. The molecule has 108 valence electrons. The smallest absolute Gasteiger partial charge is 0.236 e. The molecule has 1 aromatic rings. The summed E-state index contributed by atoms with van der Waals surface area (Å²) in [4.78, 5) is 15.3. The normalized spacial score (nSPS) is 11.6. The van der Waals surface area contributed by atoms with E-state index in [2.05, 4.69) is 32.2 Å². The fourth-order valence-corrected chi connectivity index (χ4v) is 2.26. The molecule has 19 heavy (non-hydrogen) atoms. The minimum absolute atomic E-state index is 0.0501. The quantitative estimate of drug-likeness (QED) is 0.834. The number of carbonyl (C=O) groups excluding carboxylic acids is 1. The number of nitrogens with zero attached hydrogens (tertiary/aromatic N) is 1. The number of methoxy groups -OCH3 is 1. The van der Waals surface area contributed by atoms with Gasteiger partial charge in [0.15, 0.2) is 0 Å². The summed E-state index contributed by atoms with van der Waals surface area (Å²) in [6, 6.07) is 4.06. The Bertz CT molecular complexity index is 371. The van der Waals surface area contributed by atoms with Crippen LogP contribution in [0, 0.1) is 0 Å². The zero-order valence-corrected chi connectivity index (χ0v) is 13.0. The number of hydrogen-bond donors (Lipinski definition) is 1. The van der Waals surface area contributed by atoms with Crippen molar-refractivity contribution in [3.05, 3.63) is 22.4 Å². The van der Waals surface area contributed by atoms with Gasteiger partial charge in [-0.2, -0.15) is 0 Å². The van der Waals surface area contributed by atoms with E-state index < -0.39 is 0 Å². The number of ether oxygens (including phenoxy) is 1. The van der Waals surface area contributed by atoms with Crippen LogP contribution in [0.1, 0.15) is 25.6 Å². The van der Waals surface area contributed by atoms with Gasteiger partial charge in [0.1, 0.15) is 0 Å². The van der Waals surface area contributed by atoms with Gasteiger partial charge in [-0.25, -0.2) is 0 Å². The predicted molar refractivity (Wildman–Crippen MR) is 79.4 cm³/mol. The molecule has 0 spiro atoms. The SMILES string of the molecule is COCCN(Cc1cccs1)C(=O)CNC(C)(C)C. The Balaban J connectivity index is 2.54. The lowest BCUT2D eigenvalue weighted by Gasteiger charge is -2.25. The van der Waals surface area contributed by atoms with Crippen molar-refractivity contribution in [2.24, 2.45) is 0 Å². The molecule has 0 aromatic carbocycles. The molecule has 0 saturated carbocycles. The molecular formula is C14H24N2O2S. The maximum Gasteiger partial charge on any atom is 0.236 e. The number of amides is 1. The highest BCUT2D eigenvalue weighted by Crippen LogP contribution is 2.12. The highest BCUT2D eigenvalue weighted by molar-refractivity contribution is 7.09. The van der Waals surface area contributed by atoms with E-state index in [4.69, 9.17) is 4.74 Å². The summed E-state index contributed by atoms with van der Waals surface area (Å²) in [5.41, 5.74) is -0.0501. The third-order valence-electron chi connectivity index (χ3n) is 2.61. The largest absolute Gasteiger partial charge is 0.383 e. The molecule has 0 aliphatic heterocycles. The lowest BCUT2D eigenvalue weighted by Crippen LogP contribution is -2.45. The van der Waals surface area contributed by atoms with Gasteiger partial charge in [-0.1, -0.05) is 6.07 Å². The summed E-state index contributed by atoms with van der Waals surface area (Å²) >= 11 is 1.67. The summed E-state index contributed by atoms with van der Waals surface area (Å²) in [5.74, 6) is 0.111. The number of carbonyl (C=O) groups is 1. The molecule has 0 aliphatic rings. The van der Waals surface area contributed by atoms with Crippen molar-refractivity contribution in [2.75, 3.05) is 26.8 Å². The van der Waals surface area contributed by atoms with Crippen LogP contribution in [0.2, 0.25) is 0 Å². The van der Waals surface area contributed by atoms with Crippen LogP contribution < -0.4 is 5.32 Å². The summed E-state index contributed by atoms with van der Waals surface area (Å²) in [6.45, 7) is 8.37. The molecule has 0 radical (unpaired) electrons. The highest BCUT2D eigenvalue weighted by atomic mass is 32.1. The van der Waals surface area contributed by atoms with Crippen LogP contribution in [0.3, 0.4) is 0 Å². The van der Waals surface area contributed by atoms with Crippen LogP contribution in [0.4, 0.5) is 0 Å². The average molecular weight is 284 g/mol. The Morgan fingerprint density at radius 2 is 2.21 bits per heavy atom. The Kier molecular flexibility index (Phi) is 6.48. The van der Waals surface area contributed by atoms with Crippen LogP contribution in [0.25, 0.3) is 0 Å². The minimum Gasteiger partial charge on any atom is -0.383 e. The number of rotatable bonds is 7. The average Bonchev–Trinajstić information content (AvgIpc) is 2.83. The number of thiophene rings is 1. The fraction of sp³-hybridized carbons (Fsp3) is 0.643. The molecule has 0 aliphatic carbocycles. The molecule has 1 amide bonds. The van der Waals surface area contributed by atoms with Gasteiger partial charge in [0.2, 0.25) is 5.91 Å². The van der Waals surface area contributed by atoms with E-state index in [0.29, 0.717) is 26.2 Å². The van der Waals surface area contributed by atoms with Gasteiger partial charge in [-0.3, -0.25) is 4.79 Å². The van der Waals surface area contributed by atoms with Gasteiger partial charge < -0.3 is 15.0 Å². The molecule has 1 rings (SSSR count). The molecule has 4 nitrogen and oxygen atoms in total. The van der Waals surface area contributed by atoms with E-state index in [1.54, 1.807) is 18.4 Å². The van der Waals surface area contributed by atoms with E-state index in [1.807, 2.05) is 16.3 Å². The van der Waals surface area contributed by atoms with Crippen LogP contribution >= 0.6 is 11.3 Å². The van der Waals surface area contributed by atoms with Gasteiger partial charge in [0.25, 0.3) is 0 Å². The van der Waals surface area contributed by atoms with Crippen molar-refractivity contribution >= 4 is 17.2 Å². The van der Waals surface area contributed by atoms with Crippen molar-refractivity contribution in [3.63, 3.8) is 0 Å².